The summed E-state index contributed by atoms with van der Waals surface area (Å²) < 4.78 is 71.2. The van der Waals surface area contributed by atoms with Crippen LogP contribution >= 0.6 is 0 Å². The lowest BCUT2D eigenvalue weighted by molar-refractivity contribution is -0.138. The topological polar surface area (TPSA) is 74.9 Å². The van der Waals surface area contributed by atoms with Gasteiger partial charge in [-0.15, -0.1) is 10.2 Å². The molecule has 7 nitrogen and oxygen atoms in total. The number of anilines is 1. The van der Waals surface area contributed by atoms with Crippen LogP contribution < -0.4 is 10.1 Å². The number of hydrogen-bond donors (Lipinski definition) is 2. The van der Waals surface area contributed by atoms with E-state index in [9.17, 15) is 27.1 Å². The number of fused-ring (bicyclic) bond motifs is 1. The molecule has 0 radical (unpaired) electrons. The minimum Gasteiger partial charge on any atom is -0.434 e. The Hall–Kier alpha value is -2.99. The van der Waals surface area contributed by atoms with Crippen molar-refractivity contribution in [3.8, 4) is 17.0 Å². The molecule has 1 aliphatic heterocycles. The van der Waals surface area contributed by atoms with E-state index >= 15 is 0 Å². The third kappa shape index (κ3) is 5.17. The van der Waals surface area contributed by atoms with Crippen molar-refractivity contribution >= 4 is 11.5 Å². The molecule has 0 saturated carbocycles. The Morgan fingerprint density at radius 1 is 1.21 bits per heavy atom. The molecule has 33 heavy (non-hydrogen) atoms. The molecule has 4 rings (SSSR count). The highest BCUT2D eigenvalue weighted by Crippen LogP contribution is 2.38. The average molecular weight is 471 g/mol. The molecule has 1 aromatic carbocycles. The van der Waals surface area contributed by atoms with Gasteiger partial charge in [0.15, 0.2) is 0 Å². The molecule has 1 saturated heterocycles. The summed E-state index contributed by atoms with van der Waals surface area (Å²) >= 11 is 0. The number of likely N-dealkylation sites (tertiary alicyclic amines) is 1. The first-order valence-electron chi connectivity index (χ1n) is 10.4. The molecule has 0 amide bonds. The number of aliphatic hydroxyl groups is 1. The van der Waals surface area contributed by atoms with Crippen molar-refractivity contribution in [2.24, 2.45) is 0 Å². The number of aromatic nitrogens is 3. The van der Waals surface area contributed by atoms with Gasteiger partial charge in [-0.1, -0.05) is 0 Å². The van der Waals surface area contributed by atoms with E-state index in [4.69, 9.17) is 0 Å². The van der Waals surface area contributed by atoms with Crippen LogP contribution in [0, 0.1) is 0 Å². The molecular formula is C21H22F5N5O2. The molecule has 1 atom stereocenters. The summed E-state index contributed by atoms with van der Waals surface area (Å²) in [7, 11) is 0. The molecule has 178 valence electrons. The van der Waals surface area contributed by atoms with E-state index in [1.165, 1.54) is 0 Å². The highest BCUT2D eigenvalue weighted by Gasteiger charge is 2.32. The number of β-amino-alcohol motifs (C(OH)–C–C–N with tert-alkyl or cyclic N) is 1. The van der Waals surface area contributed by atoms with E-state index in [0.717, 1.165) is 31.5 Å². The van der Waals surface area contributed by atoms with Crippen molar-refractivity contribution in [1.82, 2.24) is 19.5 Å². The van der Waals surface area contributed by atoms with Crippen LogP contribution in [0.3, 0.4) is 0 Å². The summed E-state index contributed by atoms with van der Waals surface area (Å²) in [4.78, 5) is 2.13. The molecule has 12 heteroatoms. The lowest BCUT2D eigenvalue weighted by atomic mass is 10.1. The van der Waals surface area contributed by atoms with Crippen molar-refractivity contribution in [2.45, 2.75) is 31.7 Å². The van der Waals surface area contributed by atoms with Crippen LogP contribution in [0.5, 0.6) is 5.75 Å². The van der Waals surface area contributed by atoms with Crippen molar-refractivity contribution < 1.29 is 31.8 Å². The predicted octanol–water partition coefficient (Wildman–Crippen LogP) is 3.89. The van der Waals surface area contributed by atoms with Gasteiger partial charge in [0.25, 0.3) is 0 Å². The van der Waals surface area contributed by atoms with E-state index in [1.807, 2.05) is 0 Å². The van der Waals surface area contributed by atoms with Gasteiger partial charge >= 0.3 is 12.8 Å². The molecule has 0 unspecified atom stereocenters. The molecule has 3 aromatic rings. The second kappa shape index (κ2) is 9.48. The molecule has 2 N–H and O–H groups in total. The summed E-state index contributed by atoms with van der Waals surface area (Å²) in [6.45, 7) is -1.07. The molecule has 0 spiro atoms. The number of rotatable bonds is 7. The van der Waals surface area contributed by atoms with Crippen molar-refractivity contribution in [3.05, 3.63) is 42.1 Å². The fraction of sp³-hybridized carbons (Fsp3) is 0.429. The highest BCUT2D eigenvalue weighted by atomic mass is 19.4. The van der Waals surface area contributed by atoms with Crippen molar-refractivity contribution in [2.75, 3.05) is 31.6 Å². The first-order chi connectivity index (χ1) is 15.8. The largest absolute Gasteiger partial charge is 0.434 e. The van der Waals surface area contributed by atoms with Gasteiger partial charge in [0, 0.05) is 30.9 Å². The fourth-order valence-corrected chi connectivity index (χ4v) is 4.03. The van der Waals surface area contributed by atoms with Gasteiger partial charge in [-0.3, -0.25) is 9.30 Å². The maximum Gasteiger partial charge on any atom is 0.416 e. The fourth-order valence-electron chi connectivity index (χ4n) is 4.03. The second-order valence-corrected chi connectivity index (χ2v) is 7.73. The summed E-state index contributed by atoms with van der Waals surface area (Å²) in [5, 5.41) is 20.8. The van der Waals surface area contributed by atoms with E-state index in [-0.39, 0.29) is 23.9 Å². The third-order valence-electron chi connectivity index (χ3n) is 5.50. The molecule has 3 heterocycles. The number of nitrogens with zero attached hydrogens (tertiary/aromatic N) is 4. The number of alkyl halides is 5. The smallest absolute Gasteiger partial charge is 0.416 e. The predicted molar refractivity (Wildman–Crippen MR) is 110 cm³/mol. The lowest BCUT2D eigenvalue weighted by Crippen LogP contribution is -2.43. The van der Waals surface area contributed by atoms with Gasteiger partial charge in [-0.05, 0) is 49.7 Å². The monoisotopic (exact) mass is 471 g/mol. The standard InChI is InChI=1S/C21H22F5N5O2/c22-19(23)33-17-11-13(21(24,25)26)5-6-15(17)18-16-4-2-8-31(16)20(29-28-18)27-14-3-1-7-30(12-14)9-10-32/h2,4-6,8,11,14,19,32H,1,3,7,9-10,12H2,(H,27,29)/t14-/m1/s1. The second-order valence-electron chi connectivity index (χ2n) is 7.73. The van der Waals surface area contributed by atoms with Gasteiger partial charge in [-0.2, -0.15) is 22.0 Å². The quantitative estimate of drug-likeness (QED) is 0.510. The number of benzene rings is 1. The van der Waals surface area contributed by atoms with E-state index in [2.05, 4.69) is 25.2 Å². The van der Waals surface area contributed by atoms with E-state index in [0.29, 0.717) is 30.6 Å². The number of halogens is 5. The van der Waals surface area contributed by atoms with Crippen LogP contribution in [0.25, 0.3) is 16.8 Å². The Balaban J connectivity index is 1.69. The molecule has 0 bridgehead atoms. The Morgan fingerprint density at radius 3 is 2.76 bits per heavy atom. The first-order valence-corrected chi connectivity index (χ1v) is 10.4. The molecule has 2 aromatic heterocycles. The summed E-state index contributed by atoms with van der Waals surface area (Å²) in [5.41, 5.74) is -0.558. The molecule has 1 fully saturated rings. The average Bonchev–Trinajstić information content (AvgIpc) is 3.24. The Labute approximate surface area is 185 Å². The van der Waals surface area contributed by atoms with Gasteiger partial charge in [0.1, 0.15) is 11.4 Å². The maximum atomic E-state index is 13.1. The Bertz CT molecular complexity index is 1100. The minimum absolute atomic E-state index is 0.0298. The number of ether oxygens (including phenoxy) is 1. The van der Waals surface area contributed by atoms with Crippen molar-refractivity contribution in [3.63, 3.8) is 0 Å². The Kier molecular flexibility index (Phi) is 6.66. The Morgan fingerprint density at radius 2 is 2.03 bits per heavy atom. The number of aliphatic hydroxyl groups excluding tert-OH is 1. The van der Waals surface area contributed by atoms with Crippen LogP contribution in [-0.4, -0.2) is 63.5 Å². The number of nitrogens with one attached hydrogen (secondary N) is 1. The third-order valence-corrected chi connectivity index (χ3v) is 5.50. The molecule has 1 aliphatic rings. The minimum atomic E-state index is -4.72. The summed E-state index contributed by atoms with van der Waals surface area (Å²) in [6.07, 6.45) is -1.19. The van der Waals surface area contributed by atoms with Gasteiger partial charge in [0.05, 0.1) is 17.7 Å². The van der Waals surface area contributed by atoms with Gasteiger partial charge in [0.2, 0.25) is 5.95 Å². The van der Waals surface area contributed by atoms with Crippen LogP contribution in [0.2, 0.25) is 0 Å². The number of hydrogen-bond acceptors (Lipinski definition) is 6. The van der Waals surface area contributed by atoms with Crippen LogP contribution in [-0.2, 0) is 6.18 Å². The van der Waals surface area contributed by atoms with Crippen molar-refractivity contribution in [1.29, 1.82) is 0 Å². The van der Waals surface area contributed by atoms with Crippen LogP contribution in [0.15, 0.2) is 36.5 Å². The van der Waals surface area contributed by atoms with Gasteiger partial charge in [-0.25, -0.2) is 0 Å². The van der Waals surface area contributed by atoms with E-state index in [1.54, 1.807) is 22.7 Å². The highest BCUT2D eigenvalue weighted by molar-refractivity contribution is 5.81. The first kappa shape index (κ1) is 23.2. The lowest BCUT2D eigenvalue weighted by Gasteiger charge is -2.32. The number of piperidine rings is 1. The zero-order chi connectivity index (χ0) is 23.6. The summed E-state index contributed by atoms with van der Waals surface area (Å²) in [5.74, 6) is -0.220. The zero-order valence-electron chi connectivity index (χ0n) is 17.4. The normalized spacial score (nSPS) is 17.6. The molecule has 0 aliphatic carbocycles. The summed E-state index contributed by atoms with van der Waals surface area (Å²) in [6, 6.07) is 5.80. The van der Waals surface area contributed by atoms with Gasteiger partial charge < -0.3 is 15.2 Å². The SMILES string of the molecule is OCCN1CCC[C@@H](Nc2nnc(-c3ccc(C(F)(F)F)cc3OC(F)F)c3cccn23)C1. The van der Waals surface area contributed by atoms with Crippen LogP contribution in [0.1, 0.15) is 18.4 Å². The zero-order valence-corrected chi connectivity index (χ0v) is 17.4. The molecular weight excluding hydrogens is 449 g/mol. The maximum absolute atomic E-state index is 13.1. The van der Waals surface area contributed by atoms with Crippen LogP contribution in [0.4, 0.5) is 27.9 Å². The van der Waals surface area contributed by atoms with E-state index < -0.39 is 24.1 Å².